The van der Waals surface area contributed by atoms with Crippen molar-refractivity contribution < 1.29 is 9.32 Å². The lowest BCUT2D eigenvalue weighted by atomic mass is 10.1. The van der Waals surface area contributed by atoms with E-state index >= 15 is 0 Å². The highest BCUT2D eigenvalue weighted by Gasteiger charge is 2.27. The van der Waals surface area contributed by atoms with Gasteiger partial charge in [-0.15, -0.1) is 0 Å². The summed E-state index contributed by atoms with van der Waals surface area (Å²) in [5.41, 5.74) is 0.749. The molecule has 94 valence electrons. The van der Waals surface area contributed by atoms with Gasteiger partial charge in [-0.1, -0.05) is 33.9 Å². The molecule has 0 aromatic carbocycles. The summed E-state index contributed by atoms with van der Waals surface area (Å²) in [6, 6.07) is 1.98. The molecular formula is C12H17BrN2O2. The minimum Gasteiger partial charge on any atom is -0.351 e. The number of aryl methyl sites for hydroxylation is 1. The molecule has 4 nitrogen and oxygen atoms in total. The van der Waals surface area contributed by atoms with Crippen LogP contribution in [0.1, 0.15) is 41.9 Å². The van der Waals surface area contributed by atoms with Gasteiger partial charge < -0.3 is 9.42 Å². The molecule has 0 saturated carbocycles. The SMILES string of the molecule is Cc1cc(C(=O)N2CCCCCC2CBr)on1. The van der Waals surface area contributed by atoms with E-state index in [0.29, 0.717) is 5.76 Å². The van der Waals surface area contributed by atoms with E-state index < -0.39 is 0 Å². The minimum absolute atomic E-state index is 0.0306. The van der Waals surface area contributed by atoms with E-state index in [1.54, 1.807) is 6.07 Å². The van der Waals surface area contributed by atoms with Gasteiger partial charge in [-0.05, 0) is 19.8 Å². The van der Waals surface area contributed by atoms with E-state index in [4.69, 9.17) is 4.52 Å². The molecule has 0 N–H and O–H groups in total. The highest BCUT2D eigenvalue weighted by Crippen LogP contribution is 2.21. The number of amides is 1. The molecular weight excluding hydrogens is 284 g/mol. The predicted octanol–water partition coefficient (Wildman–Crippen LogP) is 2.76. The number of carbonyl (C=O) groups excluding carboxylic acids is 1. The van der Waals surface area contributed by atoms with E-state index in [9.17, 15) is 4.79 Å². The van der Waals surface area contributed by atoms with Gasteiger partial charge in [-0.2, -0.15) is 0 Å². The summed E-state index contributed by atoms with van der Waals surface area (Å²) in [6.45, 7) is 2.64. The molecule has 1 aromatic rings. The van der Waals surface area contributed by atoms with Crippen LogP contribution in [0.5, 0.6) is 0 Å². The Morgan fingerprint density at radius 2 is 2.41 bits per heavy atom. The Kier molecular flexibility index (Phi) is 4.20. The third kappa shape index (κ3) is 2.89. The Morgan fingerprint density at radius 3 is 3.06 bits per heavy atom. The number of halogens is 1. The van der Waals surface area contributed by atoms with E-state index in [1.165, 1.54) is 12.8 Å². The summed E-state index contributed by atoms with van der Waals surface area (Å²) in [6.07, 6.45) is 4.52. The zero-order valence-corrected chi connectivity index (χ0v) is 11.6. The summed E-state index contributed by atoms with van der Waals surface area (Å²) in [5, 5.41) is 4.60. The van der Waals surface area contributed by atoms with Gasteiger partial charge in [-0.3, -0.25) is 4.79 Å². The molecule has 1 aliphatic heterocycles. The number of carbonyl (C=O) groups is 1. The molecule has 0 bridgehead atoms. The number of hydrogen-bond donors (Lipinski definition) is 0. The van der Waals surface area contributed by atoms with Gasteiger partial charge in [-0.25, -0.2) is 0 Å². The van der Waals surface area contributed by atoms with E-state index in [2.05, 4.69) is 21.1 Å². The fourth-order valence-corrected chi connectivity index (χ4v) is 2.88. The molecule has 0 radical (unpaired) electrons. The van der Waals surface area contributed by atoms with Crippen molar-refractivity contribution in [1.29, 1.82) is 0 Å². The fraction of sp³-hybridized carbons (Fsp3) is 0.667. The zero-order chi connectivity index (χ0) is 12.3. The van der Waals surface area contributed by atoms with Crippen molar-refractivity contribution in [2.75, 3.05) is 11.9 Å². The maximum atomic E-state index is 12.3. The third-order valence-electron chi connectivity index (χ3n) is 3.15. The van der Waals surface area contributed by atoms with Crippen LogP contribution in [0.4, 0.5) is 0 Å². The number of likely N-dealkylation sites (tertiary alicyclic amines) is 1. The molecule has 1 fully saturated rings. The van der Waals surface area contributed by atoms with Crippen LogP contribution in [0, 0.1) is 6.92 Å². The normalized spacial score (nSPS) is 21.3. The molecule has 1 aliphatic rings. The highest BCUT2D eigenvalue weighted by molar-refractivity contribution is 9.09. The maximum absolute atomic E-state index is 12.3. The smallest absolute Gasteiger partial charge is 0.292 e. The number of rotatable bonds is 2. The fourth-order valence-electron chi connectivity index (χ4n) is 2.21. The molecule has 1 atom stereocenters. The molecule has 0 aliphatic carbocycles. The molecule has 1 unspecified atom stereocenters. The number of alkyl halides is 1. The largest absolute Gasteiger partial charge is 0.351 e. The van der Waals surface area contributed by atoms with Crippen LogP contribution in [-0.4, -0.2) is 33.9 Å². The van der Waals surface area contributed by atoms with Crippen LogP contribution in [0.2, 0.25) is 0 Å². The molecule has 1 saturated heterocycles. The monoisotopic (exact) mass is 300 g/mol. The predicted molar refractivity (Wildman–Crippen MR) is 68.3 cm³/mol. The summed E-state index contributed by atoms with van der Waals surface area (Å²) in [5.74, 6) is 0.326. The van der Waals surface area contributed by atoms with Crippen LogP contribution >= 0.6 is 15.9 Å². The van der Waals surface area contributed by atoms with Gasteiger partial charge in [0.2, 0.25) is 5.76 Å². The van der Waals surface area contributed by atoms with Crippen LogP contribution in [-0.2, 0) is 0 Å². The lowest BCUT2D eigenvalue weighted by molar-refractivity contribution is 0.0659. The first-order valence-corrected chi connectivity index (χ1v) is 7.15. The van der Waals surface area contributed by atoms with Crippen molar-refractivity contribution in [3.63, 3.8) is 0 Å². The highest BCUT2D eigenvalue weighted by atomic mass is 79.9. The van der Waals surface area contributed by atoms with Gasteiger partial charge in [0.1, 0.15) is 0 Å². The molecule has 17 heavy (non-hydrogen) atoms. The Hall–Kier alpha value is -0.840. The average molecular weight is 301 g/mol. The van der Waals surface area contributed by atoms with Crippen molar-refractivity contribution in [2.24, 2.45) is 0 Å². The first-order valence-electron chi connectivity index (χ1n) is 6.02. The number of aromatic nitrogens is 1. The van der Waals surface area contributed by atoms with Gasteiger partial charge in [0, 0.05) is 24.0 Å². The molecule has 2 rings (SSSR count). The molecule has 1 aromatic heterocycles. The second kappa shape index (κ2) is 5.67. The van der Waals surface area contributed by atoms with Crippen LogP contribution in [0.3, 0.4) is 0 Å². The number of nitrogens with zero attached hydrogens (tertiary/aromatic N) is 2. The van der Waals surface area contributed by atoms with Crippen molar-refractivity contribution >= 4 is 21.8 Å². The average Bonchev–Trinajstić information content (AvgIpc) is 2.64. The second-order valence-electron chi connectivity index (χ2n) is 4.49. The van der Waals surface area contributed by atoms with Crippen molar-refractivity contribution in [3.05, 3.63) is 17.5 Å². The van der Waals surface area contributed by atoms with Crippen LogP contribution < -0.4 is 0 Å². The first kappa shape index (κ1) is 12.6. The summed E-state index contributed by atoms with van der Waals surface area (Å²) in [7, 11) is 0. The zero-order valence-electron chi connectivity index (χ0n) is 9.99. The van der Waals surface area contributed by atoms with Gasteiger partial charge >= 0.3 is 0 Å². The third-order valence-corrected chi connectivity index (χ3v) is 3.90. The van der Waals surface area contributed by atoms with Crippen molar-refractivity contribution in [1.82, 2.24) is 10.1 Å². The molecule has 2 heterocycles. The Bertz CT molecular complexity index is 392. The number of hydrogen-bond acceptors (Lipinski definition) is 3. The quantitative estimate of drug-likeness (QED) is 0.789. The Labute approximate surface area is 109 Å². The van der Waals surface area contributed by atoms with E-state index in [-0.39, 0.29) is 11.9 Å². The second-order valence-corrected chi connectivity index (χ2v) is 5.14. The van der Waals surface area contributed by atoms with Crippen LogP contribution in [0.25, 0.3) is 0 Å². The topological polar surface area (TPSA) is 46.3 Å². The lowest BCUT2D eigenvalue weighted by Crippen LogP contribution is -2.40. The Balaban J connectivity index is 2.15. The van der Waals surface area contributed by atoms with Crippen molar-refractivity contribution in [3.8, 4) is 0 Å². The maximum Gasteiger partial charge on any atom is 0.292 e. The molecule has 5 heteroatoms. The van der Waals surface area contributed by atoms with Crippen molar-refractivity contribution in [2.45, 2.75) is 38.6 Å². The van der Waals surface area contributed by atoms with Gasteiger partial charge in [0.15, 0.2) is 0 Å². The summed E-state index contributed by atoms with van der Waals surface area (Å²) < 4.78 is 5.06. The summed E-state index contributed by atoms with van der Waals surface area (Å²) in [4.78, 5) is 14.2. The van der Waals surface area contributed by atoms with E-state index in [1.807, 2.05) is 11.8 Å². The molecule has 0 spiro atoms. The summed E-state index contributed by atoms with van der Waals surface area (Å²) >= 11 is 3.49. The van der Waals surface area contributed by atoms with E-state index in [0.717, 1.165) is 30.4 Å². The molecule has 1 amide bonds. The minimum atomic E-state index is -0.0306. The van der Waals surface area contributed by atoms with Crippen LogP contribution in [0.15, 0.2) is 10.6 Å². The standard InChI is InChI=1S/C12H17BrN2O2/c1-9-7-11(17-14-9)12(16)15-6-4-2-3-5-10(15)8-13/h7,10H,2-6,8H2,1H3. The van der Waals surface area contributed by atoms with Gasteiger partial charge in [0.25, 0.3) is 5.91 Å². The van der Waals surface area contributed by atoms with Gasteiger partial charge in [0.05, 0.1) is 5.69 Å². The lowest BCUT2D eigenvalue weighted by Gasteiger charge is -2.27. The Morgan fingerprint density at radius 1 is 1.59 bits per heavy atom. The first-order chi connectivity index (χ1) is 8.22.